The second-order valence-corrected chi connectivity index (χ2v) is 32.5. The fourth-order valence-electron chi connectivity index (χ4n) is 15.9. The van der Waals surface area contributed by atoms with E-state index in [0.717, 1.165) is 118 Å². The molecule has 2 saturated carbocycles. The third kappa shape index (κ3) is 14.0. The van der Waals surface area contributed by atoms with Crippen LogP contribution in [0.4, 0.5) is 11.4 Å². The van der Waals surface area contributed by atoms with Crippen molar-refractivity contribution in [2.75, 3.05) is 87.8 Å². The minimum Gasteiger partial charge on any atom is -0.490 e. The topological polar surface area (TPSA) is 207 Å². The van der Waals surface area contributed by atoms with Crippen LogP contribution in [0.25, 0.3) is 0 Å². The average molecular weight is 1330 g/mol. The van der Waals surface area contributed by atoms with Crippen LogP contribution < -0.4 is 29.1 Å². The average Bonchev–Trinajstić information content (AvgIpc) is 1.47. The summed E-state index contributed by atoms with van der Waals surface area (Å²) in [4.78, 5) is 45.7. The number of anilines is 2. The Bertz CT molecular complexity index is 3970. The van der Waals surface area contributed by atoms with Crippen molar-refractivity contribution in [3.8, 4) is 17.4 Å². The molecule has 4 aromatic carbocycles. The number of hydrogen-bond donors (Lipinski definition) is 1. The monoisotopic (exact) mass is 1330 g/mol. The van der Waals surface area contributed by atoms with Gasteiger partial charge in [0.25, 0.3) is 11.8 Å². The third-order valence-corrected chi connectivity index (χ3v) is 25.0. The van der Waals surface area contributed by atoms with Gasteiger partial charge in [-0.3, -0.25) is 19.1 Å². The van der Waals surface area contributed by atoms with Crippen LogP contribution in [0.15, 0.2) is 112 Å². The van der Waals surface area contributed by atoms with Gasteiger partial charge in [-0.2, -0.15) is 4.36 Å². The maximum absolute atomic E-state index is 14.7. The first-order chi connectivity index (χ1) is 44.2. The highest BCUT2D eigenvalue weighted by Gasteiger charge is 2.47. The van der Waals surface area contributed by atoms with Crippen molar-refractivity contribution in [1.82, 2.24) is 9.78 Å². The summed E-state index contributed by atoms with van der Waals surface area (Å²) in [5.41, 5.74) is 7.28. The van der Waals surface area contributed by atoms with Crippen molar-refractivity contribution in [2.24, 2.45) is 56.4 Å². The minimum atomic E-state index is -3.34. The van der Waals surface area contributed by atoms with Crippen LogP contribution in [-0.2, 0) is 59.8 Å². The predicted octanol–water partition coefficient (Wildman–Crippen LogP) is 12.6. The van der Waals surface area contributed by atoms with Gasteiger partial charge >= 0.3 is 0 Å². The molecule has 17 nitrogen and oxygen atoms in total. The van der Waals surface area contributed by atoms with Crippen molar-refractivity contribution >= 4 is 71.8 Å². The molecule has 4 bridgehead atoms. The quantitative estimate of drug-likeness (QED) is 0.124. The molecule has 492 valence electrons. The van der Waals surface area contributed by atoms with Gasteiger partial charge < -0.3 is 33.5 Å². The largest absolute Gasteiger partial charge is 0.490 e. The standard InChI is InChI=1S/C39H47ClN4O6S.C32H40ClN3O4S/c1-25-7-5-9-35(48-3)30-13-10-28(30)19-44-23-39(16-6-8-26-17-29(40)12-14-32(26)39)24-50-36-15-11-27(18-33(36)44)37(46)42-51(47,21-25)22-34(45)31-20-43(2)41-38(31)49-4;1-21-5-3-7-29(39-2)26-11-8-24(26)17-36-19-32(14-4-6-22-15-25(33)10-12-27(22)32)20-40-30-13-9-23(16-28(30)36)31(37)35-41(34,38)18-21/h5,9,11-12,14-15,17-18,20,25,28,30,35H,6-8,10,13,16,19,21-24H2,1-4H3;3,7,9-10,12-13,15-16,21,24,26,29H,4-6,8,11,14,17-20H2,1-2H3,(H2,34,35,37,38)/b9-5+;7-3+/t25-,28-,30+,35-,39-,51+;21-,24-,26+,29-,32-,41?/m00/s1. The Labute approximate surface area is 552 Å². The second-order valence-electron chi connectivity index (χ2n) is 27.4. The van der Waals surface area contributed by atoms with Gasteiger partial charge in [0.1, 0.15) is 27.0 Å². The van der Waals surface area contributed by atoms with Crippen LogP contribution in [0.2, 0.25) is 10.0 Å². The van der Waals surface area contributed by atoms with Gasteiger partial charge in [0, 0.05) is 97.2 Å². The molecule has 92 heavy (non-hydrogen) atoms. The molecule has 2 fully saturated rings. The number of aromatic nitrogens is 2. The van der Waals surface area contributed by atoms with E-state index in [2.05, 4.69) is 72.2 Å². The molecule has 5 aromatic rings. The number of Topliss-reactive ketones (excluding diaryl/α,β-unsaturated/α-hetero) is 1. The summed E-state index contributed by atoms with van der Waals surface area (Å²) in [6.07, 6.45) is 21.8. The number of halogens is 2. The summed E-state index contributed by atoms with van der Waals surface area (Å²) in [6.45, 7) is 8.11. The molecule has 13 rings (SSSR count). The molecule has 21 heteroatoms. The number of ether oxygens (including phenoxy) is 5. The third-order valence-electron chi connectivity index (χ3n) is 20.7. The lowest BCUT2D eigenvalue weighted by atomic mass is 9.68. The van der Waals surface area contributed by atoms with Gasteiger partial charge in [0.2, 0.25) is 5.88 Å². The lowest BCUT2D eigenvalue weighted by Crippen LogP contribution is -2.49. The summed E-state index contributed by atoms with van der Waals surface area (Å²) in [5, 5.41) is 11.8. The number of benzene rings is 4. The number of aryl methyl sites for hydroxylation is 3. The van der Waals surface area contributed by atoms with Gasteiger partial charge in [-0.1, -0.05) is 73.5 Å². The van der Waals surface area contributed by atoms with Gasteiger partial charge in [-0.15, -0.1) is 9.46 Å². The molecule has 5 heterocycles. The number of hydrogen-bond acceptors (Lipinski definition) is 13. The van der Waals surface area contributed by atoms with Gasteiger partial charge in [-0.25, -0.2) is 13.6 Å². The Hall–Kier alpha value is -6.06. The van der Waals surface area contributed by atoms with Crippen molar-refractivity contribution < 1.29 is 46.5 Å². The first-order valence-corrected chi connectivity index (χ1v) is 37.0. The normalized spacial score (nSPS) is 31.8. The zero-order chi connectivity index (χ0) is 64.7. The summed E-state index contributed by atoms with van der Waals surface area (Å²) in [6, 6.07) is 23.3. The Kier molecular flexibility index (Phi) is 19.6. The lowest BCUT2D eigenvalue weighted by Gasteiger charge is -2.46. The zero-order valence-corrected chi connectivity index (χ0v) is 56.8. The number of ketones is 1. The van der Waals surface area contributed by atoms with Crippen LogP contribution in [0.3, 0.4) is 0 Å². The molecule has 12 atom stereocenters. The van der Waals surface area contributed by atoms with E-state index in [4.69, 9.17) is 52.0 Å². The Morgan fingerprint density at radius 1 is 0.685 bits per heavy atom. The van der Waals surface area contributed by atoms with Crippen LogP contribution in [0.5, 0.6) is 17.4 Å². The van der Waals surface area contributed by atoms with Crippen LogP contribution in [0, 0.1) is 35.5 Å². The molecule has 1 unspecified atom stereocenters. The smallest absolute Gasteiger partial charge is 0.286 e. The fourth-order valence-corrected chi connectivity index (χ4v) is 20.0. The molecular weight excluding hydrogens is 1250 g/mol. The second kappa shape index (κ2) is 27.3. The van der Waals surface area contributed by atoms with Crippen molar-refractivity contribution in [2.45, 2.75) is 114 Å². The number of rotatable bonds is 6. The van der Waals surface area contributed by atoms with E-state index < -0.39 is 43.0 Å². The number of fused-ring (bicyclic) bond motifs is 8. The number of allylic oxidation sites excluding steroid dienone is 2. The van der Waals surface area contributed by atoms with Gasteiger partial charge in [0.15, 0.2) is 5.78 Å². The molecule has 8 aliphatic rings. The molecule has 0 radical (unpaired) electrons. The van der Waals surface area contributed by atoms with E-state index in [9.17, 15) is 22.8 Å². The van der Waals surface area contributed by atoms with Gasteiger partial charge in [0.05, 0.1) is 59.4 Å². The maximum atomic E-state index is 14.7. The van der Waals surface area contributed by atoms with Crippen LogP contribution >= 0.6 is 23.2 Å². The summed E-state index contributed by atoms with van der Waals surface area (Å²) < 4.78 is 68.3. The molecule has 4 aliphatic carbocycles. The number of carbonyl (C=O) groups excluding carboxylic acids is 3. The summed E-state index contributed by atoms with van der Waals surface area (Å²) in [7, 11) is 0.139. The van der Waals surface area contributed by atoms with Crippen LogP contribution in [-0.4, -0.2) is 126 Å². The van der Waals surface area contributed by atoms with Crippen molar-refractivity contribution in [3.63, 3.8) is 0 Å². The number of nitrogens with zero attached hydrogens (tertiary/aromatic N) is 6. The van der Waals surface area contributed by atoms with E-state index in [1.165, 1.54) is 34.0 Å². The minimum absolute atomic E-state index is 0.0166. The SMILES string of the molecule is CO[C@H]1/C=C/C[C@H](C)CS(N)(=O)=NC(=O)c2ccc3c(c2)N(C[C@@H]2CC[C@H]21)C[C@@]1(CCCc2cc(Cl)ccc21)CO3.COc1nn(C)cc1C(=O)C[S@@]1(=O)=NC(=O)c2ccc3c(c2)N(C[C@@H]2CC[C@H]2[C@@H](OC)/C=C/C[C@H](C)C1)C[C@@]1(CCCc2cc(Cl)ccc21)CO3. The molecule has 2 N–H and O–H groups in total. The van der Waals surface area contributed by atoms with Crippen LogP contribution in [0.1, 0.15) is 131 Å². The Morgan fingerprint density at radius 3 is 1.66 bits per heavy atom. The van der Waals surface area contributed by atoms with Gasteiger partial charge in [-0.05, 0) is 195 Å². The number of amides is 2. The molecule has 4 aliphatic heterocycles. The highest BCUT2D eigenvalue weighted by Crippen LogP contribution is 2.50. The lowest BCUT2D eigenvalue weighted by molar-refractivity contribution is 0.0131. The first kappa shape index (κ1) is 66.0. The molecule has 1 aromatic heterocycles. The zero-order valence-electron chi connectivity index (χ0n) is 53.7. The van der Waals surface area contributed by atoms with Crippen molar-refractivity contribution in [1.29, 1.82) is 0 Å². The number of nitrogens with two attached hydrogens (primary N) is 1. The van der Waals surface area contributed by atoms with E-state index in [1.807, 2.05) is 50.2 Å². The number of methoxy groups -OCH3 is 3. The molecular formula is C71H87Cl2N7O10S2. The Morgan fingerprint density at radius 2 is 1.18 bits per heavy atom. The predicted molar refractivity (Wildman–Crippen MR) is 363 cm³/mol. The highest BCUT2D eigenvalue weighted by atomic mass is 35.5. The molecule has 2 spiro atoms. The van der Waals surface area contributed by atoms with E-state index in [-0.39, 0.29) is 57.8 Å². The molecule has 2 amide bonds. The maximum Gasteiger partial charge on any atom is 0.286 e. The summed E-state index contributed by atoms with van der Waals surface area (Å²) >= 11 is 12.9. The van der Waals surface area contributed by atoms with E-state index in [0.29, 0.717) is 66.6 Å². The molecule has 0 saturated heterocycles. The fraction of sp³-hybridized carbons (Fsp3) is 0.521. The van der Waals surface area contributed by atoms with E-state index >= 15 is 0 Å². The number of carbonyl (C=O) groups is 3. The van der Waals surface area contributed by atoms with E-state index in [1.54, 1.807) is 39.6 Å². The van der Waals surface area contributed by atoms with Crippen molar-refractivity contribution in [3.05, 3.63) is 152 Å². The highest BCUT2D eigenvalue weighted by molar-refractivity contribution is 7.94. The Balaban J connectivity index is 0.000000182. The first-order valence-electron chi connectivity index (χ1n) is 32.6. The summed E-state index contributed by atoms with van der Waals surface area (Å²) in [5.74, 6) is 1.29.